The van der Waals surface area contributed by atoms with E-state index in [1.807, 2.05) is 106 Å². The predicted octanol–water partition coefficient (Wildman–Crippen LogP) is 6.23. The van der Waals surface area contributed by atoms with Crippen LogP contribution in [0.2, 0.25) is 5.04 Å². The number of halogens is 3. The lowest BCUT2D eigenvalue weighted by Gasteiger charge is -2.43. The number of piperidine rings is 1. The van der Waals surface area contributed by atoms with Crippen LogP contribution in [0.25, 0.3) is 0 Å². The van der Waals surface area contributed by atoms with Crippen molar-refractivity contribution >= 4 is 36.8 Å². The zero-order valence-electron chi connectivity index (χ0n) is 41.4. The molecule has 6 rings (SSSR count). The Morgan fingerprint density at radius 3 is 2.18 bits per heavy atom. The van der Waals surface area contributed by atoms with Crippen LogP contribution in [0.5, 0.6) is 0 Å². The van der Waals surface area contributed by atoms with Crippen LogP contribution in [0.15, 0.2) is 101 Å². The van der Waals surface area contributed by atoms with Gasteiger partial charge in [-0.2, -0.15) is 13.2 Å². The summed E-state index contributed by atoms with van der Waals surface area (Å²) in [4.78, 5) is 70.7. The number of hydrogen-bond acceptors (Lipinski definition) is 11. The van der Waals surface area contributed by atoms with E-state index in [2.05, 4.69) is 48.4 Å². The molecule has 0 radical (unpaired) electrons. The molecule has 0 spiro atoms. The lowest BCUT2D eigenvalue weighted by Crippen LogP contribution is -2.67. The Labute approximate surface area is 418 Å². The number of hydrogen-bond donors (Lipinski definition) is 2. The van der Waals surface area contributed by atoms with Gasteiger partial charge in [-0.25, -0.2) is 14.4 Å². The molecular weight excluding hydrogens is 952 g/mol. The number of benzene rings is 3. The first kappa shape index (κ1) is 54.7. The smallest absolute Gasteiger partial charge is 0.444 e. The molecule has 3 unspecified atom stereocenters. The Bertz CT molecular complexity index is 2680. The van der Waals surface area contributed by atoms with Crippen LogP contribution in [0.4, 0.5) is 22.8 Å². The monoisotopic (exact) mass is 1010 g/mol. The minimum absolute atomic E-state index is 0.106. The minimum Gasteiger partial charge on any atom is -0.444 e. The average molecular weight is 1010 g/mol. The highest BCUT2D eigenvalue weighted by Gasteiger charge is 2.52. The van der Waals surface area contributed by atoms with Crippen LogP contribution >= 0.6 is 0 Å². The van der Waals surface area contributed by atoms with E-state index in [9.17, 15) is 37.1 Å². The van der Waals surface area contributed by atoms with Crippen LogP contribution in [-0.2, 0) is 34.7 Å². The first-order valence-corrected chi connectivity index (χ1v) is 25.7. The third-order valence-electron chi connectivity index (χ3n) is 12.3. The van der Waals surface area contributed by atoms with Gasteiger partial charge in [0.1, 0.15) is 36.2 Å². The van der Waals surface area contributed by atoms with Gasteiger partial charge in [0.15, 0.2) is 0 Å². The van der Waals surface area contributed by atoms with E-state index < -0.39 is 73.4 Å². The average Bonchev–Trinajstić information content (AvgIpc) is 3.72. The first-order valence-electron chi connectivity index (χ1n) is 23.8. The maximum Gasteiger partial charge on any atom is 0.508 e. The summed E-state index contributed by atoms with van der Waals surface area (Å²) < 4.78 is 70.5. The van der Waals surface area contributed by atoms with E-state index >= 15 is 0 Å². The Kier molecular flexibility index (Phi) is 18.0. The summed E-state index contributed by atoms with van der Waals surface area (Å²) in [6, 6.07) is 27.0. The predicted molar refractivity (Wildman–Crippen MR) is 266 cm³/mol. The normalized spacial score (nSPS) is 18.4. The van der Waals surface area contributed by atoms with Gasteiger partial charge in [0.25, 0.3) is 13.9 Å². The molecule has 3 heterocycles. The molecule has 2 aliphatic rings. The standard InChI is InChI=1S/C53H62F3N5O10Si/c1-8-37-24-26-38(27-25-37)33-59(35-40-19-15-16-29-60(40)49(65)71-51(2,3)4)30-31-67-50(66)70-43-32-45(61-34-39(46(62)58-48(61)64)18-17-28-57-47(63)53(54,55)56)69-44(43)36-68-72(52(5,6)7,41-20-11-9-12-21-41)42-22-13-10-14-23-42/h1,9-14,20-27,34,40,43-45H,15-16,19,28-33,35-36H2,2-7H3,(H,57,63)(H,58,62,64)/t40-,43?,44?,45?/m0/s1. The first-order chi connectivity index (χ1) is 34.1. The molecule has 2 N–H and O–H groups in total. The molecule has 2 saturated heterocycles. The largest absolute Gasteiger partial charge is 0.508 e. The van der Waals surface area contributed by atoms with Crippen molar-refractivity contribution in [3.8, 4) is 24.2 Å². The number of terminal acetylenes is 1. The van der Waals surface area contributed by atoms with Crippen LogP contribution < -0.4 is 26.9 Å². The number of nitrogens with one attached hydrogen (secondary N) is 2. The quantitative estimate of drug-likeness (QED) is 0.0787. The maximum atomic E-state index is 13.8. The molecule has 384 valence electrons. The Balaban J connectivity index is 1.25. The molecule has 1 aromatic heterocycles. The van der Waals surface area contributed by atoms with Gasteiger partial charge >= 0.3 is 30.0 Å². The summed E-state index contributed by atoms with van der Waals surface area (Å²) in [7, 11) is -3.20. The van der Waals surface area contributed by atoms with E-state index in [1.54, 1.807) is 10.2 Å². The fourth-order valence-corrected chi connectivity index (χ4v) is 13.5. The molecule has 15 nitrogen and oxygen atoms in total. The summed E-state index contributed by atoms with van der Waals surface area (Å²) in [6.07, 6.45) is -0.662. The molecule has 2 aliphatic heterocycles. The number of aromatic nitrogens is 2. The van der Waals surface area contributed by atoms with Gasteiger partial charge < -0.3 is 33.6 Å². The summed E-state index contributed by atoms with van der Waals surface area (Å²) in [5, 5.41) is 3.10. The van der Waals surface area contributed by atoms with E-state index in [1.165, 1.54) is 0 Å². The molecule has 2 fully saturated rings. The van der Waals surface area contributed by atoms with Crippen molar-refractivity contribution in [3.05, 3.63) is 129 Å². The Morgan fingerprint density at radius 2 is 1.58 bits per heavy atom. The minimum atomic E-state index is -5.13. The highest BCUT2D eigenvalue weighted by molar-refractivity contribution is 6.99. The van der Waals surface area contributed by atoms with Crippen molar-refractivity contribution in [2.75, 3.05) is 39.4 Å². The molecule has 0 aliphatic carbocycles. The van der Waals surface area contributed by atoms with E-state index in [0.717, 1.165) is 51.5 Å². The summed E-state index contributed by atoms with van der Waals surface area (Å²) >= 11 is 0. The van der Waals surface area contributed by atoms with Gasteiger partial charge in [0.05, 0.1) is 13.2 Å². The zero-order chi connectivity index (χ0) is 52.3. The number of amides is 2. The number of carbonyl (C=O) groups excluding carboxylic acids is 3. The number of aromatic amines is 1. The molecule has 72 heavy (non-hydrogen) atoms. The molecule has 0 bridgehead atoms. The fourth-order valence-electron chi connectivity index (χ4n) is 8.93. The van der Waals surface area contributed by atoms with Crippen molar-refractivity contribution in [3.63, 3.8) is 0 Å². The van der Waals surface area contributed by atoms with Gasteiger partial charge in [0, 0.05) is 50.4 Å². The van der Waals surface area contributed by atoms with Gasteiger partial charge in [-0.15, -0.1) is 6.42 Å². The lowest BCUT2D eigenvalue weighted by atomic mass is 10.0. The lowest BCUT2D eigenvalue weighted by molar-refractivity contribution is -0.173. The molecule has 0 saturated carbocycles. The third kappa shape index (κ3) is 14.3. The summed E-state index contributed by atoms with van der Waals surface area (Å²) in [5.74, 6) is 5.12. The number of likely N-dealkylation sites (tertiary alicyclic amines) is 1. The van der Waals surface area contributed by atoms with Crippen molar-refractivity contribution < 1.29 is 50.9 Å². The molecule has 3 aromatic carbocycles. The van der Waals surface area contributed by atoms with Crippen LogP contribution in [0.1, 0.15) is 90.1 Å². The molecule has 2 amide bonds. The van der Waals surface area contributed by atoms with Crippen LogP contribution in [-0.4, -0.2) is 115 Å². The molecular formula is C53H62F3N5O10Si. The highest BCUT2D eigenvalue weighted by Crippen LogP contribution is 2.38. The number of alkyl halides is 3. The van der Waals surface area contributed by atoms with Crippen molar-refractivity contribution in [1.29, 1.82) is 0 Å². The summed E-state index contributed by atoms with van der Waals surface area (Å²) in [6.45, 7) is 12.5. The number of H-pyrrole nitrogens is 1. The second-order valence-corrected chi connectivity index (χ2v) is 24.0. The Morgan fingerprint density at radius 1 is 0.931 bits per heavy atom. The van der Waals surface area contributed by atoms with Crippen molar-refractivity contribution in [1.82, 2.24) is 24.7 Å². The number of ether oxygens (including phenoxy) is 4. The van der Waals surface area contributed by atoms with Crippen LogP contribution in [0, 0.1) is 24.2 Å². The molecule has 19 heteroatoms. The molecule has 4 aromatic rings. The summed E-state index contributed by atoms with van der Waals surface area (Å²) in [5.41, 5.74) is -1.12. The van der Waals surface area contributed by atoms with Crippen molar-refractivity contribution in [2.45, 2.75) is 115 Å². The van der Waals surface area contributed by atoms with Gasteiger partial charge in [-0.1, -0.05) is 111 Å². The van der Waals surface area contributed by atoms with E-state index in [0.29, 0.717) is 19.6 Å². The Hall–Kier alpha value is -6.64. The van der Waals surface area contributed by atoms with Gasteiger partial charge in [-0.3, -0.25) is 24.0 Å². The second kappa shape index (κ2) is 23.7. The van der Waals surface area contributed by atoms with Crippen LogP contribution in [0.3, 0.4) is 0 Å². The fraction of sp³-hybridized carbons (Fsp3) is 0.453. The highest BCUT2D eigenvalue weighted by atomic mass is 28.4. The molecule has 4 atom stereocenters. The topological polar surface area (TPSA) is 171 Å². The zero-order valence-corrected chi connectivity index (χ0v) is 42.4. The van der Waals surface area contributed by atoms with E-state index in [-0.39, 0.29) is 43.9 Å². The van der Waals surface area contributed by atoms with Crippen molar-refractivity contribution in [2.24, 2.45) is 0 Å². The second-order valence-electron chi connectivity index (χ2n) is 19.7. The third-order valence-corrected chi connectivity index (χ3v) is 17.3. The van der Waals surface area contributed by atoms with Gasteiger partial charge in [-0.05, 0) is 73.1 Å². The SMILES string of the molecule is C#Cc1ccc(CN(CCOC(=O)OC2CC(n3cc(C#CCNC(=O)C(F)(F)F)c(=O)[nH]c3=O)OC2CO[Si](c2ccccc2)(c2ccccc2)C(C)(C)C)C[C@@H]2CCCCN2C(=O)OC(C)(C)C)cc1. The number of rotatable bonds is 15. The van der Waals surface area contributed by atoms with E-state index in [4.69, 9.17) is 29.8 Å². The maximum absolute atomic E-state index is 13.8. The number of nitrogens with zero attached hydrogens (tertiary/aromatic N) is 3. The number of carbonyl (C=O) groups is 3. The van der Waals surface area contributed by atoms with Gasteiger partial charge in [0.2, 0.25) is 0 Å².